The van der Waals surface area contributed by atoms with Crippen LogP contribution in [0.4, 0.5) is 40.7 Å². The lowest BCUT2D eigenvalue weighted by atomic mass is 9.96. The Kier molecular flexibility index (Phi) is 5.02. The van der Waals surface area contributed by atoms with Gasteiger partial charge in [-0.1, -0.05) is 0 Å². The monoisotopic (exact) mass is 404 g/mol. The molecule has 0 saturated carbocycles. The standard InChI is InChI=1S/C21H23F3N4O/c1-13-10-17(28-8-6-15(7-9-28)21(22,23)24)3-5-18(13)26-16-2-4-19-14(11-16)12-25-20(29)27-19/h2-5,10-11,15,26H,6-9,12H2,1H3,(H2,25,27,29). The van der Waals surface area contributed by atoms with Crippen LogP contribution in [0.15, 0.2) is 36.4 Å². The molecule has 0 atom stereocenters. The van der Waals surface area contributed by atoms with Crippen molar-refractivity contribution in [2.75, 3.05) is 28.6 Å². The molecule has 0 bridgehead atoms. The van der Waals surface area contributed by atoms with Crippen molar-refractivity contribution < 1.29 is 18.0 Å². The molecule has 0 aromatic heterocycles. The molecule has 4 rings (SSSR count). The van der Waals surface area contributed by atoms with E-state index in [0.717, 1.165) is 33.9 Å². The van der Waals surface area contributed by atoms with Gasteiger partial charge in [-0.3, -0.25) is 0 Å². The largest absolute Gasteiger partial charge is 0.391 e. The topological polar surface area (TPSA) is 56.4 Å². The van der Waals surface area contributed by atoms with Gasteiger partial charge in [0.1, 0.15) is 0 Å². The maximum Gasteiger partial charge on any atom is 0.391 e. The van der Waals surface area contributed by atoms with E-state index in [-0.39, 0.29) is 18.9 Å². The molecule has 3 N–H and O–H groups in total. The third-order valence-electron chi connectivity index (χ3n) is 5.60. The zero-order valence-corrected chi connectivity index (χ0v) is 16.1. The number of aryl methyl sites for hydroxylation is 1. The average Bonchev–Trinajstić information content (AvgIpc) is 2.69. The predicted octanol–water partition coefficient (Wildman–Crippen LogP) is 5.15. The molecule has 2 amide bonds. The van der Waals surface area contributed by atoms with Crippen molar-refractivity contribution in [3.05, 3.63) is 47.5 Å². The zero-order chi connectivity index (χ0) is 20.6. The fourth-order valence-corrected chi connectivity index (χ4v) is 3.89. The summed E-state index contributed by atoms with van der Waals surface area (Å²) in [5.41, 5.74) is 5.61. The summed E-state index contributed by atoms with van der Waals surface area (Å²) in [5.74, 6) is -1.19. The molecule has 0 aliphatic carbocycles. The van der Waals surface area contributed by atoms with Gasteiger partial charge in [0.15, 0.2) is 0 Å². The minimum atomic E-state index is -4.09. The maximum atomic E-state index is 12.9. The van der Waals surface area contributed by atoms with E-state index in [0.29, 0.717) is 19.6 Å². The fourth-order valence-electron chi connectivity index (χ4n) is 3.89. The van der Waals surface area contributed by atoms with Gasteiger partial charge in [-0.25, -0.2) is 4.79 Å². The number of rotatable bonds is 3. The van der Waals surface area contributed by atoms with Crippen LogP contribution in [0.25, 0.3) is 0 Å². The number of nitrogens with one attached hydrogen (secondary N) is 3. The van der Waals surface area contributed by atoms with Crippen LogP contribution in [0.3, 0.4) is 0 Å². The van der Waals surface area contributed by atoms with Gasteiger partial charge in [0.2, 0.25) is 0 Å². The number of urea groups is 1. The summed E-state index contributed by atoms with van der Waals surface area (Å²) in [7, 11) is 0. The first-order valence-electron chi connectivity index (χ1n) is 9.67. The molecule has 1 saturated heterocycles. The van der Waals surface area contributed by atoms with E-state index >= 15 is 0 Å². The van der Waals surface area contributed by atoms with Gasteiger partial charge in [-0.15, -0.1) is 0 Å². The van der Waals surface area contributed by atoms with E-state index in [2.05, 4.69) is 16.0 Å². The second-order valence-electron chi connectivity index (χ2n) is 7.61. The summed E-state index contributed by atoms with van der Waals surface area (Å²) in [4.78, 5) is 13.4. The molecule has 2 heterocycles. The summed E-state index contributed by atoms with van der Waals surface area (Å²) in [5, 5.41) is 8.89. The highest BCUT2D eigenvalue weighted by Gasteiger charge is 2.41. The first-order valence-corrected chi connectivity index (χ1v) is 9.67. The number of hydrogen-bond acceptors (Lipinski definition) is 3. The Balaban J connectivity index is 1.44. The summed E-state index contributed by atoms with van der Waals surface area (Å²) >= 11 is 0. The van der Waals surface area contributed by atoms with Crippen molar-refractivity contribution in [1.29, 1.82) is 0 Å². The van der Waals surface area contributed by atoms with Crippen LogP contribution in [-0.4, -0.2) is 25.3 Å². The molecule has 5 nitrogen and oxygen atoms in total. The Morgan fingerprint density at radius 2 is 1.86 bits per heavy atom. The maximum absolute atomic E-state index is 12.9. The van der Waals surface area contributed by atoms with Crippen LogP contribution in [0, 0.1) is 12.8 Å². The summed E-state index contributed by atoms with van der Waals surface area (Å²) < 4.78 is 38.6. The predicted molar refractivity (Wildman–Crippen MR) is 108 cm³/mol. The highest BCUT2D eigenvalue weighted by molar-refractivity contribution is 5.92. The van der Waals surface area contributed by atoms with Gasteiger partial charge in [-0.2, -0.15) is 13.2 Å². The van der Waals surface area contributed by atoms with Crippen LogP contribution in [-0.2, 0) is 6.54 Å². The number of piperidine rings is 1. The van der Waals surface area contributed by atoms with Crippen LogP contribution >= 0.6 is 0 Å². The highest BCUT2D eigenvalue weighted by Crippen LogP contribution is 2.36. The molecule has 1 fully saturated rings. The summed E-state index contributed by atoms with van der Waals surface area (Å²) in [6.07, 6.45) is -3.81. The minimum absolute atomic E-state index is 0.141. The van der Waals surface area contributed by atoms with E-state index in [4.69, 9.17) is 0 Å². The van der Waals surface area contributed by atoms with Gasteiger partial charge in [-0.05, 0) is 67.3 Å². The second-order valence-corrected chi connectivity index (χ2v) is 7.61. The number of fused-ring (bicyclic) bond motifs is 1. The van der Waals surface area contributed by atoms with Crippen molar-refractivity contribution in [3.8, 4) is 0 Å². The number of carbonyl (C=O) groups excluding carboxylic acids is 1. The van der Waals surface area contributed by atoms with Gasteiger partial charge < -0.3 is 20.9 Å². The Bertz CT molecular complexity index is 921. The first-order chi connectivity index (χ1) is 13.8. The summed E-state index contributed by atoms with van der Waals surface area (Å²) in [6.45, 7) is 3.29. The van der Waals surface area contributed by atoms with Gasteiger partial charge >= 0.3 is 12.2 Å². The van der Waals surface area contributed by atoms with Gasteiger partial charge in [0, 0.05) is 42.4 Å². The number of carbonyl (C=O) groups is 1. The number of benzene rings is 2. The lowest BCUT2D eigenvalue weighted by Crippen LogP contribution is -2.39. The van der Waals surface area contributed by atoms with Crippen LogP contribution in [0.2, 0.25) is 0 Å². The molecule has 29 heavy (non-hydrogen) atoms. The minimum Gasteiger partial charge on any atom is -0.371 e. The molecule has 154 valence electrons. The Morgan fingerprint density at radius 1 is 1.10 bits per heavy atom. The Labute approximate surface area is 167 Å². The van der Waals surface area contributed by atoms with Crippen molar-refractivity contribution in [2.45, 2.75) is 32.5 Å². The van der Waals surface area contributed by atoms with Crippen molar-refractivity contribution >= 4 is 28.8 Å². The van der Waals surface area contributed by atoms with Crippen LogP contribution in [0.1, 0.15) is 24.0 Å². The van der Waals surface area contributed by atoms with Crippen molar-refractivity contribution in [2.24, 2.45) is 5.92 Å². The Hall–Kier alpha value is -2.90. The van der Waals surface area contributed by atoms with E-state index in [9.17, 15) is 18.0 Å². The lowest BCUT2D eigenvalue weighted by Gasteiger charge is -2.34. The van der Waals surface area contributed by atoms with E-state index < -0.39 is 12.1 Å². The van der Waals surface area contributed by atoms with Crippen molar-refractivity contribution in [3.63, 3.8) is 0 Å². The normalized spacial score (nSPS) is 17.4. The van der Waals surface area contributed by atoms with Crippen LogP contribution < -0.4 is 20.9 Å². The quantitative estimate of drug-likeness (QED) is 0.663. The molecule has 0 unspecified atom stereocenters. The molecule has 2 aliphatic rings. The molecule has 2 aromatic carbocycles. The van der Waals surface area contributed by atoms with Crippen molar-refractivity contribution in [1.82, 2.24) is 5.32 Å². The average molecular weight is 404 g/mol. The third-order valence-corrected chi connectivity index (χ3v) is 5.60. The first kappa shape index (κ1) is 19.4. The number of alkyl halides is 3. The fraction of sp³-hybridized carbons (Fsp3) is 0.381. The molecule has 0 spiro atoms. The smallest absolute Gasteiger partial charge is 0.371 e. The molecule has 8 heteroatoms. The molecule has 2 aliphatic heterocycles. The van der Waals surface area contributed by atoms with Crippen LogP contribution in [0.5, 0.6) is 0 Å². The highest BCUT2D eigenvalue weighted by atomic mass is 19.4. The second kappa shape index (κ2) is 7.50. The number of amides is 2. The van der Waals surface area contributed by atoms with E-state index in [1.807, 2.05) is 48.2 Å². The SMILES string of the molecule is Cc1cc(N2CCC(C(F)(F)F)CC2)ccc1Nc1ccc2c(c1)CNC(=O)N2. The van der Waals surface area contributed by atoms with Gasteiger partial charge in [0.25, 0.3) is 0 Å². The molecular weight excluding hydrogens is 381 g/mol. The summed E-state index contributed by atoms with van der Waals surface area (Å²) in [6, 6.07) is 11.5. The number of hydrogen-bond donors (Lipinski definition) is 3. The van der Waals surface area contributed by atoms with Gasteiger partial charge in [0.05, 0.1) is 5.92 Å². The Morgan fingerprint density at radius 3 is 2.55 bits per heavy atom. The number of anilines is 4. The van der Waals surface area contributed by atoms with E-state index in [1.165, 1.54) is 0 Å². The molecule has 0 radical (unpaired) electrons. The van der Waals surface area contributed by atoms with E-state index in [1.54, 1.807) is 0 Å². The lowest BCUT2D eigenvalue weighted by molar-refractivity contribution is -0.179. The number of nitrogens with zero attached hydrogens (tertiary/aromatic N) is 1. The molecule has 2 aromatic rings. The number of halogens is 3. The molecular formula is C21H23F3N4O. The third kappa shape index (κ3) is 4.26. The zero-order valence-electron chi connectivity index (χ0n) is 16.1.